The van der Waals surface area contributed by atoms with Crippen LogP contribution in [0.5, 0.6) is 0 Å². The Morgan fingerprint density at radius 2 is 2.05 bits per heavy atom. The van der Waals surface area contributed by atoms with E-state index in [1.54, 1.807) is 0 Å². The summed E-state index contributed by atoms with van der Waals surface area (Å²) in [5.74, 6) is -0.422. The van der Waals surface area contributed by atoms with Crippen LogP contribution in [-0.2, 0) is 0 Å². The molecule has 0 spiro atoms. The van der Waals surface area contributed by atoms with Crippen molar-refractivity contribution in [1.29, 1.82) is 0 Å². The van der Waals surface area contributed by atoms with E-state index in [9.17, 15) is 9.18 Å². The molecule has 0 unspecified atom stereocenters. The minimum absolute atomic E-state index is 0.186. The lowest BCUT2D eigenvalue weighted by Crippen LogP contribution is -2.03. The topological polar surface area (TPSA) is 17.1 Å². The molecule has 0 atom stereocenters. The van der Waals surface area contributed by atoms with Crippen LogP contribution >= 0.6 is 39.3 Å². The number of ketones is 1. The number of thioether (sulfide) groups is 1. The average Bonchev–Trinajstić information content (AvgIpc) is 2.39. The molecule has 0 amide bonds. The fourth-order valence-corrected chi connectivity index (χ4v) is 3.11. The van der Waals surface area contributed by atoms with E-state index in [0.717, 1.165) is 9.37 Å². The summed E-state index contributed by atoms with van der Waals surface area (Å²) in [4.78, 5) is 13.0. The number of hydrogen-bond acceptors (Lipinski definition) is 2. The van der Waals surface area contributed by atoms with Gasteiger partial charge in [0.25, 0.3) is 0 Å². The highest BCUT2D eigenvalue weighted by Crippen LogP contribution is 2.24. The Kier molecular flexibility index (Phi) is 5.02. The summed E-state index contributed by atoms with van der Waals surface area (Å²) in [5, 5.41) is 0.279. The van der Waals surface area contributed by atoms with Crippen molar-refractivity contribution in [1.82, 2.24) is 0 Å². The van der Waals surface area contributed by atoms with Crippen LogP contribution in [0.25, 0.3) is 0 Å². The van der Waals surface area contributed by atoms with Gasteiger partial charge < -0.3 is 0 Å². The Hall–Kier alpha value is -0.840. The van der Waals surface area contributed by atoms with Crippen molar-refractivity contribution < 1.29 is 9.18 Å². The third kappa shape index (κ3) is 4.06. The predicted octanol–water partition coefficient (Wildman–Crippen LogP) is 5.22. The van der Waals surface area contributed by atoms with Crippen molar-refractivity contribution in [3.8, 4) is 0 Å². The van der Waals surface area contributed by atoms with Gasteiger partial charge in [0.2, 0.25) is 0 Å². The highest BCUT2D eigenvalue weighted by molar-refractivity contribution is 9.10. The van der Waals surface area contributed by atoms with E-state index in [-0.39, 0.29) is 22.1 Å². The number of Topliss-reactive ketones (excluding diaryl/α,β-unsaturated/α-hetero) is 1. The molecule has 0 bridgehead atoms. The summed E-state index contributed by atoms with van der Waals surface area (Å²) in [6.07, 6.45) is 0. The van der Waals surface area contributed by atoms with Crippen molar-refractivity contribution in [2.24, 2.45) is 0 Å². The van der Waals surface area contributed by atoms with Gasteiger partial charge in [-0.05, 0) is 36.4 Å². The quantitative estimate of drug-likeness (QED) is 0.550. The Bertz CT molecular complexity index is 618. The maximum atomic E-state index is 13.1. The first-order chi connectivity index (χ1) is 9.06. The van der Waals surface area contributed by atoms with E-state index in [1.807, 2.05) is 24.3 Å². The molecule has 0 saturated heterocycles. The van der Waals surface area contributed by atoms with Gasteiger partial charge in [0.1, 0.15) is 5.82 Å². The first-order valence-corrected chi connectivity index (χ1v) is 7.58. The largest absolute Gasteiger partial charge is 0.293 e. The van der Waals surface area contributed by atoms with E-state index in [4.69, 9.17) is 11.6 Å². The number of benzene rings is 2. The van der Waals surface area contributed by atoms with Gasteiger partial charge in [-0.1, -0.05) is 33.6 Å². The lowest BCUT2D eigenvalue weighted by atomic mass is 10.1. The van der Waals surface area contributed by atoms with Crippen LogP contribution in [0.3, 0.4) is 0 Å². The summed E-state index contributed by atoms with van der Waals surface area (Å²) >= 11 is 10.7. The zero-order valence-electron chi connectivity index (χ0n) is 9.70. The molecule has 0 aliphatic heterocycles. The highest BCUT2D eigenvalue weighted by Gasteiger charge is 2.12. The predicted molar refractivity (Wildman–Crippen MR) is 80.6 cm³/mol. The van der Waals surface area contributed by atoms with Gasteiger partial charge in [0, 0.05) is 14.9 Å². The monoisotopic (exact) mass is 358 g/mol. The van der Waals surface area contributed by atoms with Gasteiger partial charge in [-0.3, -0.25) is 4.79 Å². The normalized spacial score (nSPS) is 10.5. The molecule has 0 heterocycles. The second kappa shape index (κ2) is 6.55. The molecule has 0 N–H and O–H groups in total. The number of carbonyl (C=O) groups is 1. The van der Waals surface area contributed by atoms with Gasteiger partial charge in [0.05, 0.1) is 10.8 Å². The number of carbonyl (C=O) groups excluding carboxylic acids is 1. The maximum Gasteiger partial charge on any atom is 0.174 e. The lowest BCUT2D eigenvalue weighted by Gasteiger charge is -2.04. The summed E-state index contributed by atoms with van der Waals surface area (Å²) in [6, 6.07) is 11.4. The van der Waals surface area contributed by atoms with Crippen LogP contribution in [0, 0.1) is 5.82 Å². The fourth-order valence-electron chi connectivity index (χ4n) is 1.49. The van der Waals surface area contributed by atoms with Crippen molar-refractivity contribution in [2.75, 3.05) is 5.75 Å². The zero-order chi connectivity index (χ0) is 13.8. The average molecular weight is 360 g/mol. The smallest absolute Gasteiger partial charge is 0.174 e. The third-order valence-electron chi connectivity index (χ3n) is 2.39. The molecular formula is C14H9BrClFOS. The molecule has 19 heavy (non-hydrogen) atoms. The molecule has 0 aliphatic rings. The van der Waals surface area contributed by atoms with Crippen molar-refractivity contribution in [2.45, 2.75) is 4.90 Å². The highest BCUT2D eigenvalue weighted by atomic mass is 79.9. The van der Waals surface area contributed by atoms with E-state index in [0.29, 0.717) is 0 Å². The molecule has 2 aromatic carbocycles. The molecule has 0 aromatic heterocycles. The molecule has 1 nitrogen and oxygen atoms in total. The molecule has 98 valence electrons. The Balaban J connectivity index is 2.07. The van der Waals surface area contributed by atoms with Crippen LogP contribution in [0.2, 0.25) is 5.02 Å². The number of hydrogen-bond donors (Lipinski definition) is 0. The maximum absolute atomic E-state index is 13.1. The minimum Gasteiger partial charge on any atom is -0.293 e. The summed E-state index contributed by atoms with van der Waals surface area (Å²) in [5.41, 5.74) is 0.226. The molecule has 5 heteroatoms. The molecule has 0 radical (unpaired) electrons. The molecular weight excluding hydrogens is 351 g/mol. The van der Waals surface area contributed by atoms with Crippen molar-refractivity contribution >= 4 is 45.1 Å². The van der Waals surface area contributed by atoms with Crippen LogP contribution in [-0.4, -0.2) is 11.5 Å². The van der Waals surface area contributed by atoms with Gasteiger partial charge in [-0.2, -0.15) is 0 Å². The van der Waals surface area contributed by atoms with Gasteiger partial charge in [-0.25, -0.2) is 4.39 Å². The summed E-state index contributed by atoms with van der Waals surface area (Å²) in [6.45, 7) is 0. The zero-order valence-corrected chi connectivity index (χ0v) is 12.9. The Labute approximate surface area is 128 Å². The Morgan fingerprint density at radius 1 is 1.26 bits per heavy atom. The van der Waals surface area contributed by atoms with Crippen LogP contribution in [0.15, 0.2) is 51.8 Å². The van der Waals surface area contributed by atoms with Crippen LogP contribution < -0.4 is 0 Å². The van der Waals surface area contributed by atoms with Gasteiger partial charge >= 0.3 is 0 Å². The first kappa shape index (κ1) is 14.6. The molecule has 2 rings (SSSR count). The second-order valence-electron chi connectivity index (χ2n) is 3.79. The molecule has 0 aliphatic carbocycles. The Morgan fingerprint density at radius 3 is 2.79 bits per heavy atom. The fraction of sp³-hybridized carbons (Fsp3) is 0.0714. The number of rotatable bonds is 4. The van der Waals surface area contributed by atoms with Crippen molar-refractivity contribution in [3.05, 3.63) is 63.3 Å². The standard InChI is InChI=1S/C14H9BrClFOS/c15-9-2-1-3-11(6-9)19-8-14(18)12-7-10(17)4-5-13(12)16/h1-7H,8H2. The lowest BCUT2D eigenvalue weighted by molar-refractivity contribution is 0.102. The van der Waals surface area contributed by atoms with E-state index >= 15 is 0 Å². The van der Waals surface area contributed by atoms with Gasteiger partial charge in [-0.15, -0.1) is 11.8 Å². The van der Waals surface area contributed by atoms with E-state index in [2.05, 4.69) is 15.9 Å². The molecule has 0 fully saturated rings. The van der Waals surface area contributed by atoms with Gasteiger partial charge in [0.15, 0.2) is 5.78 Å². The van der Waals surface area contributed by atoms with Crippen molar-refractivity contribution in [3.63, 3.8) is 0 Å². The molecule has 0 saturated carbocycles. The minimum atomic E-state index is -0.458. The first-order valence-electron chi connectivity index (χ1n) is 5.43. The van der Waals surface area contributed by atoms with E-state index in [1.165, 1.54) is 30.0 Å². The SMILES string of the molecule is O=C(CSc1cccc(Br)c1)c1cc(F)ccc1Cl. The summed E-state index contributed by atoms with van der Waals surface area (Å²) in [7, 11) is 0. The third-order valence-corrected chi connectivity index (χ3v) is 4.21. The van der Waals surface area contributed by atoms with E-state index < -0.39 is 5.82 Å². The second-order valence-corrected chi connectivity index (χ2v) is 6.17. The molecule has 2 aromatic rings. The van der Waals surface area contributed by atoms with Crippen LogP contribution in [0.1, 0.15) is 10.4 Å². The summed E-state index contributed by atoms with van der Waals surface area (Å²) < 4.78 is 14.1. The van der Waals surface area contributed by atoms with Crippen LogP contribution in [0.4, 0.5) is 4.39 Å². The number of halogens is 3.